The summed E-state index contributed by atoms with van der Waals surface area (Å²) in [6.45, 7) is 11.5. The van der Waals surface area contributed by atoms with Gasteiger partial charge in [0.15, 0.2) is 5.82 Å². The van der Waals surface area contributed by atoms with E-state index < -0.39 is 0 Å². The second-order valence-corrected chi connectivity index (χ2v) is 6.84. The lowest BCUT2D eigenvalue weighted by atomic mass is 9.92. The zero-order valence-corrected chi connectivity index (χ0v) is 13.8. The van der Waals surface area contributed by atoms with Gasteiger partial charge in [0.05, 0.1) is 18.3 Å². The van der Waals surface area contributed by atoms with Crippen LogP contribution in [0, 0.1) is 5.92 Å². The van der Waals surface area contributed by atoms with Crippen molar-refractivity contribution in [1.82, 2.24) is 14.6 Å². The molecule has 1 atom stereocenters. The van der Waals surface area contributed by atoms with E-state index in [9.17, 15) is 0 Å². The van der Waals surface area contributed by atoms with Crippen molar-refractivity contribution in [3.63, 3.8) is 0 Å². The van der Waals surface area contributed by atoms with Crippen LogP contribution in [-0.4, -0.2) is 34.4 Å². The first-order valence-electron chi connectivity index (χ1n) is 7.43. The Bertz CT molecular complexity index is 598. The molecule has 0 aliphatic carbocycles. The standard InChI is InChI=1S/C16H26N4O/c1-11(2)12(10-21-6)18-15-13-9-14(16(3,4)5)19-20(13)8-7-17-15/h7-9,11-12H,10H2,1-6H3,(H,17,18). The van der Waals surface area contributed by atoms with Crippen molar-refractivity contribution in [1.29, 1.82) is 0 Å². The number of nitrogens with one attached hydrogen (secondary N) is 1. The molecule has 21 heavy (non-hydrogen) atoms. The van der Waals surface area contributed by atoms with Gasteiger partial charge in [-0.2, -0.15) is 5.10 Å². The average Bonchev–Trinajstić information content (AvgIpc) is 2.83. The maximum absolute atomic E-state index is 5.30. The van der Waals surface area contributed by atoms with Crippen molar-refractivity contribution < 1.29 is 4.74 Å². The van der Waals surface area contributed by atoms with Gasteiger partial charge >= 0.3 is 0 Å². The smallest absolute Gasteiger partial charge is 0.152 e. The summed E-state index contributed by atoms with van der Waals surface area (Å²) in [6, 6.07) is 2.33. The summed E-state index contributed by atoms with van der Waals surface area (Å²) < 4.78 is 7.19. The first-order valence-corrected chi connectivity index (χ1v) is 7.43. The van der Waals surface area contributed by atoms with Crippen LogP contribution in [-0.2, 0) is 10.2 Å². The molecule has 0 fully saturated rings. The van der Waals surface area contributed by atoms with Gasteiger partial charge in [-0.05, 0) is 12.0 Å². The molecule has 5 heteroatoms. The SMILES string of the molecule is COCC(Nc1nccn2nc(C(C)(C)C)cc12)C(C)C. The molecule has 0 aliphatic rings. The highest BCUT2D eigenvalue weighted by atomic mass is 16.5. The second-order valence-electron chi connectivity index (χ2n) is 6.84. The minimum atomic E-state index is 0.0211. The minimum Gasteiger partial charge on any atom is -0.383 e. The highest BCUT2D eigenvalue weighted by Crippen LogP contribution is 2.25. The Hall–Kier alpha value is -1.62. The maximum atomic E-state index is 5.30. The van der Waals surface area contributed by atoms with E-state index in [2.05, 4.69) is 56.1 Å². The number of methoxy groups -OCH3 is 1. The molecule has 116 valence electrons. The molecule has 0 amide bonds. The Morgan fingerprint density at radius 1 is 1.33 bits per heavy atom. The third-order valence-corrected chi connectivity index (χ3v) is 3.63. The molecule has 0 bridgehead atoms. The lowest BCUT2D eigenvalue weighted by molar-refractivity contribution is 0.171. The summed E-state index contributed by atoms with van der Waals surface area (Å²) in [5.41, 5.74) is 2.09. The van der Waals surface area contributed by atoms with Crippen molar-refractivity contribution in [3.05, 3.63) is 24.2 Å². The minimum absolute atomic E-state index is 0.0211. The fourth-order valence-corrected chi connectivity index (χ4v) is 2.16. The molecule has 2 heterocycles. The number of aromatic nitrogens is 3. The van der Waals surface area contributed by atoms with Gasteiger partial charge in [-0.1, -0.05) is 34.6 Å². The molecule has 2 aromatic rings. The van der Waals surface area contributed by atoms with E-state index in [1.54, 1.807) is 13.3 Å². The van der Waals surface area contributed by atoms with Crippen LogP contribution in [0.1, 0.15) is 40.3 Å². The number of ether oxygens (including phenoxy) is 1. The van der Waals surface area contributed by atoms with E-state index in [0.717, 1.165) is 17.0 Å². The molecular weight excluding hydrogens is 264 g/mol. The van der Waals surface area contributed by atoms with Crippen molar-refractivity contribution >= 4 is 11.3 Å². The summed E-state index contributed by atoms with van der Waals surface area (Å²) >= 11 is 0. The Morgan fingerprint density at radius 2 is 2.05 bits per heavy atom. The van der Waals surface area contributed by atoms with Crippen molar-refractivity contribution in [2.45, 2.75) is 46.1 Å². The van der Waals surface area contributed by atoms with E-state index >= 15 is 0 Å². The Labute approximate surface area is 126 Å². The quantitative estimate of drug-likeness (QED) is 0.919. The van der Waals surface area contributed by atoms with Gasteiger partial charge in [-0.3, -0.25) is 0 Å². The van der Waals surface area contributed by atoms with Crippen LogP contribution >= 0.6 is 0 Å². The van der Waals surface area contributed by atoms with E-state index in [0.29, 0.717) is 12.5 Å². The van der Waals surface area contributed by atoms with Crippen LogP contribution in [0.15, 0.2) is 18.5 Å². The molecule has 0 radical (unpaired) electrons. The van der Waals surface area contributed by atoms with Crippen LogP contribution in [0.3, 0.4) is 0 Å². The van der Waals surface area contributed by atoms with Crippen LogP contribution in [0.4, 0.5) is 5.82 Å². The molecule has 0 spiro atoms. The summed E-state index contributed by atoms with van der Waals surface area (Å²) in [6.07, 6.45) is 3.66. The monoisotopic (exact) mass is 290 g/mol. The number of hydrogen-bond donors (Lipinski definition) is 1. The van der Waals surface area contributed by atoms with Gasteiger partial charge in [0, 0.05) is 24.9 Å². The van der Waals surface area contributed by atoms with Crippen molar-refractivity contribution in [3.8, 4) is 0 Å². The number of fused-ring (bicyclic) bond motifs is 1. The molecular formula is C16H26N4O. The molecule has 0 saturated heterocycles. The van der Waals surface area contributed by atoms with E-state index in [1.807, 2.05) is 10.7 Å². The molecule has 5 nitrogen and oxygen atoms in total. The van der Waals surface area contributed by atoms with Crippen molar-refractivity contribution in [2.24, 2.45) is 5.92 Å². The van der Waals surface area contributed by atoms with E-state index in [4.69, 9.17) is 4.74 Å². The topological polar surface area (TPSA) is 51.5 Å². The number of hydrogen-bond acceptors (Lipinski definition) is 4. The normalized spacial score (nSPS) is 13.9. The zero-order valence-electron chi connectivity index (χ0n) is 13.8. The summed E-state index contributed by atoms with van der Waals surface area (Å²) in [5.74, 6) is 1.31. The Kier molecular flexibility index (Phi) is 4.52. The van der Waals surface area contributed by atoms with Crippen LogP contribution in [0.25, 0.3) is 5.52 Å². The lowest BCUT2D eigenvalue weighted by Gasteiger charge is -2.22. The molecule has 0 saturated carbocycles. The van der Waals surface area contributed by atoms with Gasteiger partial charge in [0.2, 0.25) is 0 Å². The van der Waals surface area contributed by atoms with Gasteiger partial charge in [0.1, 0.15) is 5.52 Å². The van der Waals surface area contributed by atoms with Gasteiger partial charge < -0.3 is 10.1 Å². The van der Waals surface area contributed by atoms with E-state index in [1.165, 1.54) is 0 Å². The van der Waals surface area contributed by atoms with Gasteiger partial charge in [0.25, 0.3) is 0 Å². The van der Waals surface area contributed by atoms with Crippen LogP contribution < -0.4 is 5.32 Å². The highest BCUT2D eigenvalue weighted by Gasteiger charge is 2.20. The number of nitrogens with zero attached hydrogens (tertiary/aromatic N) is 3. The molecule has 0 aliphatic heterocycles. The van der Waals surface area contributed by atoms with Crippen LogP contribution in [0.5, 0.6) is 0 Å². The molecule has 1 N–H and O–H groups in total. The maximum Gasteiger partial charge on any atom is 0.152 e. The lowest BCUT2D eigenvalue weighted by Crippen LogP contribution is -2.31. The number of rotatable bonds is 5. The largest absolute Gasteiger partial charge is 0.383 e. The second kappa shape index (κ2) is 6.02. The molecule has 0 aromatic carbocycles. The van der Waals surface area contributed by atoms with Crippen LogP contribution in [0.2, 0.25) is 0 Å². The molecule has 1 unspecified atom stereocenters. The first kappa shape index (κ1) is 15.8. The highest BCUT2D eigenvalue weighted by molar-refractivity contribution is 5.68. The third kappa shape index (κ3) is 3.53. The first-order chi connectivity index (χ1) is 9.82. The summed E-state index contributed by atoms with van der Waals surface area (Å²) in [7, 11) is 1.72. The molecule has 2 rings (SSSR count). The fourth-order valence-electron chi connectivity index (χ4n) is 2.16. The third-order valence-electron chi connectivity index (χ3n) is 3.63. The average molecular weight is 290 g/mol. The summed E-state index contributed by atoms with van der Waals surface area (Å²) in [5, 5.41) is 8.14. The zero-order chi connectivity index (χ0) is 15.6. The Balaban J connectivity index is 2.37. The fraction of sp³-hybridized carbons (Fsp3) is 0.625. The van der Waals surface area contributed by atoms with Crippen molar-refractivity contribution in [2.75, 3.05) is 19.0 Å². The van der Waals surface area contributed by atoms with Gasteiger partial charge in [-0.15, -0.1) is 0 Å². The van der Waals surface area contributed by atoms with Gasteiger partial charge in [-0.25, -0.2) is 9.50 Å². The predicted octanol–water partition coefficient (Wildman–Crippen LogP) is 3.11. The summed E-state index contributed by atoms with van der Waals surface area (Å²) in [4.78, 5) is 4.48. The number of anilines is 1. The Morgan fingerprint density at radius 3 is 2.62 bits per heavy atom. The predicted molar refractivity (Wildman–Crippen MR) is 85.8 cm³/mol. The molecule has 2 aromatic heterocycles. The van der Waals surface area contributed by atoms with E-state index in [-0.39, 0.29) is 11.5 Å².